The lowest BCUT2D eigenvalue weighted by atomic mass is 10.0. The number of hydrogen-bond acceptors (Lipinski definition) is 2. The Balaban J connectivity index is 2.02. The third kappa shape index (κ3) is 3.20. The van der Waals surface area contributed by atoms with Gasteiger partial charge in [0.1, 0.15) is 18.2 Å². The van der Waals surface area contributed by atoms with Gasteiger partial charge < -0.3 is 4.74 Å². The summed E-state index contributed by atoms with van der Waals surface area (Å²) in [6.07, 6.45) is 4.97. The van der Waals surface area contributed by atoms with E-state index in [4.69, 9.17) is 16.3 Å². The van der Waals surface area contributed by atoms with Gasteiger partial charge in [-0.1, -0.05) is 24.6 Å². The highest BCUT2D eigenvalue weighted by molar-refractivity contribution is 6.30. The summed E-state index contributed by atoms with van der Waals surface area (Å²) < 4.78 is 18.5. The van der Waals surface area contributed by atoms with Crippen molar-refractivity contribution < 1.29 is 13.9 Å². The second-order valence-corrected chi connectivity index (χ2v) is 4.60. The van der Waals surface area contributed by atoms with Crippen molar-refractivity contribution in [3.8, 4) is 0 Å². The van der Waals surface area contributed by atoms with Crippen LogP contribution >= 0.6 is 11.6 Å². The van der Waals surface area contributed by atoms with Gasteiger partial charge >= 0.3 is 0 Å². The number of ether oxygens (including phenoxy) is 1. The summed E-state index contributed by atoms with van der Waals surface area (Å²) in [4.78, 5) is 11.4. The van der Waals surface area contributed by atoms with E-state index in [1.54, 1.807) is 18.2 Å². The Morgan fingerprint density at radius 2 is 2.17 bits per heavy atom. The first-order valence-corrected chi connectivity index (χ1v) is 5.94. The Labute approximate surface area is 110 Å². The maximum atomic E-state index is 13.1. The summed E-state index contributed by atoms with van der Waals surface area (Å²) in [5, 5.41) is 0.325. The van der Waals surface area contributed by atoms with Crippen LogP contribution in [0.25, 0.3) is 0 Å². The molecule has 0 radical (unpaired) electrons. The lowest BCUT2D eigenvalue weighted by molar-refractivity contribution is -0.116. The van der Waals surface area contributed by atoms with Gasteiger partial charge in [0.15, 0.2) is 5.78 Å². The highest BCUT2D eigenvalue weighted by Crippen LogP contribution is 2.18. The normalized spacial score (nSPS) is 18.7. The van der Waals surface area contributed by atoms with Crippen LogP contribution in [0.5, 0.6) is 0 Å². The zero-order valence-electron chi connectivity index (χ0n) is 9.82. The van der Waals surface area contributed by atoms with Gasteiger partial charge in [0.05, 0.1) is 0 Å². The number of hydrogen-bond donors (Lipinski definition) is 0. The monoisotopic (exact) mass is 266 g/mol. The van der Waals surface area contributed by atoms with Crippen molar-refractivity contribution in [1.82, 2.24) is 0 Å². The number of carbonyl (C=O) groups excluding carboxylic acids is 1. The van der Waals surface area contributed by atoms with Crippen molar-refractivity contribution in [3.63, 3.8) is 0 Å². The second kappa shape index (κ2) is 5.36. The first-order valence-electron chi connectivity index (χ1n) is 5.56. The molecule has 0 bridgehead atoms. The van der Waals surface area contributed by atoms with E-state index in [0.29, 0.717) is 16.3 Å². The Hall–Kier alpha value is -1.61. The van der Waals surface area contributed by atoms with Gasteiger partial charge in [0, 0.05) is 17.0 Å². The number of rotatable bonds is 3. The molecular formula is C14H12ClFO2. The van der Waals surface area contributed by atoms with E-state index < -0.39 is 5.82 Å². The van der Waals surface area contributed by atoms with E-state index >= 15 is 0 Å². The van der Waals surface area contributed by atoms with Crippen LogP contribution in [0.15, 0.2) is 42.2 Å². The maximum absolute atomic E-state index is 13.1. The molecule has 2 rings (SSSR count). The fourth-order valence-electron chi connectivity index (χ4n) is 1.60. The standard InChI is InChI=1S/C14H12ClFO2/c1-9-2-3-13(7-14(9)17)18-8-10-4-11(15)6-12(16)5-10/h2-7,9H,8H2,1H3. The van der Waals surface area contributed by atoms with E-state index in [9.17, 15) is 9.18 Å². The zero-order chi connectivity index (χ0) is 13.1. The van der Waals surface area contributed by atoms with Gasteiger partial charge in [-0.2, -0.15) is 0 Å². The average molecular weight is 267 g/mol. The van der Waals surface area contributed by atoms with Crippen LogP contribution in [0.4, 0.5) is 4.39 Å². The quantitative estimate of drug-likeness (QED) is 0.835. The summed E-state index contributed by atoms with van der Waals surface area (Å²) in [5.41, 5.74) is 0.625. The van der Waals surface area contributed by atoms with Crippen LogP contribution in [0.3, 0.4) is 0 Å². The fraction of sp³-hybridized carbons (Fsp3) is 0.214. The van der Waals surface area contributed by atoms with Gasteiger partial charge in [-0.05, 0) is 29.8 Å². The van der Waals surface area contributed by atoms with Crippen molar-refractivity contribution in [2.75, 3.05) is 0 Å². The molecule has 0 N–H and O–H groups in total. The number of ketones is 1. The summed E-state index contributed by atoms with van der Waals surface area (Å²) in [6, 6.07) is 4.21. The van der Waals surface area contributed by atoms with Gasteiger partial charge in [0.25, 0.3) is 0 Å². The Kier molecular flexibility index (Phi) is 3.82. The van der Waals surface area contributed by atoms with E-state index in [2.05, 4.69) is 0 Å². The first-order chi connectivity index (χ1) is 8.54. The molecule has 1 atom stereocenters. The molecule has 94 valence electrons. The molecule has 1 aliphatic rings. The third-order valence-corrected chi connectivity index (χ3v) is 2.83. The Morgan fingerprint density at radius 3 is 2.83 bits per heavy atom. The molecule has 1 unspecified atom stereocenters. The first kappa shape index (κ1) is 12.8. The van der Waals surface area contributed by atoms with Crippen molar-refractivity contribution in [3.05, 3.63) is 58.6 Å². The fourth-order valence-corrected chi connectivity index (χ4v) is 1.85. The lowest BCUT2D eigenvalue weighted by Gasteiger charge is -2.12. The molecule has 0 aromatic heterocycles. The van der Waals surface area contributed by atoms with E-state index in [0.717, 1.165) is 0 Å². The predicted octanol–water partition coefficient (Wildman–Crippen LogP) is 3.65. The van der Waals surface area contributed by atoms with Gasteiger partial charge in [-0.25, -0.2) is 4.39 Å². The molecule has 2 nitrogen and oxygen atoms in total. The van der Waals surface area contributed by atoms with Crippen molar-refractivity contribution in [2.24, 2.45) is 5.92 Å². The number of halogens is 2. The minimum absolute atomic E-state index is 0.00442. The number of allylic oxidation sites excluding steroid dienone is 3. The smallest absolute Gasteiger partial charge is 0.165 e. The summed E-state index contributed by atoms with van der Waals surface area (Å²) >= 11 is 5.74. The van der Waals surface area contributed by atoms with Gasteiger partial charge in [-0.15, -0.1) is 0 Å². The molecule has 0 fully saturated rings. The van der Waals surface area contributed by atoms with Gasteiger partial charge in [-0.3, -0.25) is 4.79 Å². The SMILES string of the molecule is CC1C=CC(OCc2cc(F)cc(Cl)c2)=CC1=O. The molecule has 4 heteroatoms. The predicted molar refractivity (Wildman–Crippen MR) is 67.6 cm³/mol. The highest BCUT2D eigenvalue weighted by atomic mass is 35.5. The summed E-state index contributed by atoms with van der Waals surface area (Å²) in [6.45, 7) is 1.99. The number of carbonyl (C=O) groups is 1. The maximum Gasteiger partial charge on any atom is 0.165 e. The minimum Gasteiger partial charge on any atom is -0.489 e. The molecule has 18 heavy (non-hydrogen) atoms. The highest BCUT2D eigenvalue weighted by Gasteiger charge is 2.13. The van der Waals surface area contributed by atoms with Crippen molar-refractivity contribution in [2.45, 2.75) is 13.5 Å². The van der Waals surface area contributed by atoms with Crippen LogP contribution in [0.1, 0.15) is 12.5 Å². The lowest BCUT2D eigenvalue weighted by Crippen LogP contribution is -2.10. The summed E-state index contributed by atoms with van der Waals surface area (Å²) in [7, 11) is 0. The Morgan fingerprint density at radius 1 is 1.39 bits per heavy atom. The van der Waals surface area contributed by atoms with Crippen molar-refractivity contribution in [1.29, 1.82) is 0 Å². The Bertz CT molecular complexity index is 514. The number of benzene rings is 1. The van der Waals surface area contributed by atoms with E-state index in [-0.39, 0.29) is 18.3 Å². The summed E-state index contributed by atoms with van der Waals surface area (Å²) in [5.74, 6) is -0.0248. The molecule has 1 aliphatic carbocycles. The van der Waals surface area contributed by atoms with Gasteiger partial charge in [0.2, 0.25) is 0 Å². The van der Waals surface area contributed by atoms with Crippen LogP contribution in [0, 0.1) is 11.7 Å². The molecule has 0 saturated carbocycles. The zero-order valence-corrected chi connectivity index (χ0v) is 10.6. The molecule has 0 amide bonds. The molecule has 1 aromatic rings. The van der Waals surface area contributed by atoms with Crippen LogP contribution in [0.2, 0.25) is 5.02 Å². The molecule has 0 saturated heterocycles. The van der Waals surface area contributed by atoms with E-state index in [1.807, 2.05) is 6.92 Å². The largest absolute Gasteiger partial charge is 0.489 e. The van der Waals surface area contributed by atoms with E-state index in [1.165, 1.54) is 18.2 Å². The third-order valence-electron chi connectivity index (χ3n) is 2.61. The minimum atomic E-state index is -0.404. The van der Waals surface area contributed by atoms with Crippen LogP contribution in [-0.4, -0.2) is 5.78 Å². The van der Waals surface area contributed by atoms with Crippen LogP contribution < -0.4 is 0 Å². The van der Waals surface area contributed by atoms with Crippen LogP contribution in [-0.2, 0) is 16.1 Å². The second-order valence-electron chi connectivity index (χ2n) is 4.16. The molecular weight excluding hydrogens is 255 g/mol. The average Bonchev–Trinajstić information content (AvgIpc) is 2.29. The topological polar surface area (TPSA) is 26.3 Å². The molecule has 1 aromatic carbocycles. The molecule has 0 heterocycles. The molecule has 0 aliphatic heterocycles. The van der Waals surface area contributed by atoms with Crippen molar-refractivity contribution >= 4 is 17.4 Å². The molecule has 0 spiro atoms.